The Morgan fingerprint density at radius 2 is 2.11 bits per heavy atom. The Labute approximate surface area is 114 Å². The Morgan fingerprint density at radius 3 is 2.61 bits per heavy atom. The summed E-state index contributed by atoms with van der Waals surface area (Å²) in [4.78, 5) is 2.43. The lowest BCUT2D eigenvalue weighted by molar-refractivity contribution is 0.248. The maximum atomic E-state index is 13.5. The fourth-order valence-corrected chi connectivity index (χ4v) is 2.10. The van der Waals surface area contributed by atoms with E-state index in [1.165, 1.54) is 6.07 Å². The Balaban J connectivity index is 2.83. The van der Waals surface area contributed by atoms with Gasteiger partial charge in [0.05, 0.1) is 0 Å². The average molecular weight is 268 g/mol. The van der Waals surface area contributed by atoms with Gasteiger partial charge >= 0.3 is 0 Å². The van der Waals surface area contributed by atoms with Crippen LogP contribution in [-0.2, 0) is 6.54 Å². The smallest absolute Gasteiger partial charge is 0.133 e. The van der Waals surface area contributed by atoms with E-state index in [0.717, 1.165) is 25.2 Å². The molecular formula is C14H21FN2S. The molecule has 0 radical (unpaired) electrons. The van der Waals surface area contributed by atoms with Crippen molar-refractivity contribution < 1.29 is 4.39 Å². The molecule has 0 fully saturated rings. The van der Waals surface area contributed by atoms with Crippen molar-refractivity contribution in [3.8, 4) is 0 Å². The molecule has 2 N–H and O–H groups in total. The van der Waals surface area contributed by atoms with Crippen molar-refractivity contribution in [2.45, 2.75) is 27.3 Å². The Bertz CT molecular complexity index is 418. The molecule has 1 rings (SSSR count). The maximum Gasteiger partial charge on any atom is 0.133 e. The molecule has 0 bridgehead atoms. The van der Waals surface area contributed by atoms with Gasteiger partial charge in [-0.2, -0.15) is 0 Å². The molecule has 1 aromatic carbocycles. The molecule has 0 atom stereocenters. The number of nitrogens with zero attached hydrogens (tertiary/aromatic N) is 1. The van der Waals surface area contributed by atoms with E-state index in [4.69, 9.17) is 18.0 Å². The summed E-state index contributed by atoms with van der Waals surface area (Å²) in [6.45, 7) is 9.29. The number of rotatable bonds is 6. The normalized spacial score (nSPS) is 11.2. The van der Waals surface area contributed by atoms with E-state index in [2.05, 4.69) is 25.7 Å². The van der Waals surface area contributed by atoms with Crippen LogP contribution in [0.4, 0.5) is 4.39 Å². The Morgan fingerprint density at radius 1 is 1.44 bits per heavy atom. The molecule has 0 unspecified atom stereocenters. The highest BCUT2D eigenvalue weighted by Crippen LogP contribution is 2.13. The number of halogens is 1. The predicted molar refractivity (Wildman–Crippen MR) is 78.1 cm³/mol. The third-order valence-electron chi connectivity index (χ3n) is 2.77. The van der Waals surface area contributed by atoms with Gasteiger partial charge in [-0.25, -0.2) is 4.39 Å². The first-order valence-electron chi connectivity index (χ1n) is 6.24. The van der Waals surface area contributed by atoms with Crippen LogP contribution in [0, 0.1) is 11.7 Å². The molecule has 4 heteroatoms. The zero-order valence-corrected chi connectivity index (χ0v) is 12.1. The first-order chi connectivity index (χ1) is 8.43. The zero-order chi connectivity index (χ0) is 13.7. The van der Waals surface area contributed by atoms with Crippen molar-refractivity contribution in [2.24, 2.45) is 11.7 Å². The predicted octanol–water partition coefficient (Wildman–Crippen LogP) is 2.94. The van der Waals surface area contributed by atoms with Gasteiger partial charge < -0.3 is 5.73 Å². The minimum absolute atomic E-state index is 0.112. The largest absolute Gasteiger partial charge is 0.389 e. The molecule has 0 aliphatic heterocycles. The second-order valence-corrected chi connectivity index (χ2v) is 5.34. The number of nitrogens with two attached hydrogens (primary N) is 1. The molecule has 0 amide bonds. The first-order valence-corrected chi connectivity index (χ1v) is 6.65. The van der Waals surface area contributed by atoms with Crippen LogP contribution in [0.25, 0.3) is 0 Å². The summed E-state index contributed by atoms with van der Waals surface area (Å²) in [6, 6.07) is 4.98. The molecule has 0 spiro atoms. The third kappa shape index (κ3) is 4.35. The lowest BCUT2D eigenvalue weighted by Crippen LogP contribution is -2.27. The Hall–Kier alpha value is -1.00. The molecule has 100 valence electrons. The summed E-state index contributed by atoms with van der Waals surface area (Å²) in [5.41, 5.74) is 6.88. The van der Waals surface area contributed by atoms with Crippen LogP contribution in [0.15, 0.2) is 18.2 Å². The number of benzene rings is 1. The summed E-state index contributed by atoms with van der Waals surface area (Å²) in [5, 5.41) is 0. The van der Waals surface area contributed by atoms with Crippen LogP contribution in [0.5, 0.6) is 0 Å². The van der Waals surface area contributed by atoms with Gasteiger partial charge in [0, 0.05) is 18.7 Å². The molecular weight excluding hydrogens is 247 g/mol. The highest BCUT2D eigenvalue weighted by atomic mass is 32.1. The lowest BCUT2D eigenvalue weighted by Gasteiger charge is -2.22. The van der Waals surface area contributed by atoms with Crippen molar-refractivity contribution in [1.29, 1.82) is 0 Å². The molecule has 2 nitrogen and oxygen atoms in total. The van der Waals surface area contributed by atoms with Gasteiger partial charge in [-0.1, -0.05) is 39.1 Å². The van der Waals surface area contributed by atoms with Gasteiger partial charge in [0.25, 0.3) is 0 Å². The van der Waals surface area contributed by atoms with Crippen LogP contribution in [0.3, 0.4) is 0 Å². The highest BCUT2D eigenvalue weighted by Gasteiger charge is 2.10. The van der Waals surface area contributed by atoms with E-state index in [-0.39, 0.29) is 10.8 Å². The Kier molecular flexibility index (Phi) is 5.69. The second kappa shape index (κ2) is 6.81. The number of hydrogen-bond donors (Lipinski definition) is 1. The summed E-state index contributed by atoms with van der Waals surface area (Å²) in [6.07, 6.45) is 0. The molecule has 0 aromatic heterocycles. The fraction of sp³-hybridized carbons (Fsp3) is 0.500. The molecule has 1 aromatic rings. The van der Waals surface area contributed by atoms with Gasteiger partial charge in [-0.3, -0.25) is 4.90 Å². The minimum atomic E-state index is -0.349. The summed E-state index contributed by atoms with van der Waals surface area (Å²) >= 11 is 4.85. The van der Waals surface area contributed by atoms with Crippen molar-refractivity contribution in [2.75, 3.05) is 13.1 Å². The van der Waals surface area contributed by atoms with Crippen molar-refractivity contribution in [3.63, 3.8) is 0 Å². The van der Waals surface area contributed by atoms with Gasteiger partial charge in [0.2, 0.25) is 0 Å². The quantitative estimate of drug-likeness (QED) is 0.804. The molecule has 0 aliphatic carbocycles. The summed E-state index contributed by atoms with van der Waals surface area (Å²) in [7, 11) is 0. The molecule has 0 saturated heterocycles. The van der Waals surface area contributed by atoms with Gasteiger partial charge in [0.1, 0.15) is 10.8 Å². The SMILES string of the molecule is CCN(Cc1ccc(F)c(C(N)=S)c1)CC(C)C. The minimum Gasteiger partial charge on any atom is -0.389 e. The number of thiocarbonyl (C=S) groups is 1. The van der Waals surface area contributed by atoms with E-state index in [0.29, 0.717) is 11.5 Å². The van der Waals surface area contributed by atoms with E-state index >= 15 is 0 Å². The highest BCUT2D eigenvalue weighted by molar-refractivity contribution is 7.80. The van der Waals surface area contributed by atoms with Gasteiger partial charge in [-0.15, -0.1) is 0 Å². The molecule has 0 heterocycles. The topological polar surface area (TPSA) is 29.3 Å². The third-order valence-corrected chi connectivity index (χ3v) is 2.99. The van der Waals surface area contributed by atoms with Crippen molar-refractivity contribution in [3.05, 3.63) is 35.1 Å². The standard InChI is InChI=1S/C14H21FN2S/c1-4-17(8-10(2)3)9-11-5-6-13(15)12(7-11)14(16)18/h5-7,10H,4,8-9H2,1-3H3,(H2,16,18). The zero-order valence-electron chi connectivity index (χ0n) is 11.2. The van der Waals surface area contributed by atoms with Crippen LogP contribution < -0.4 is 5.73 Å². The van der Waals surface area contributed by atoms with Gasteiger partial charge in [0.15, 0.2) is 0 Å². The average Bonchev–Trinajstić information content (AvgIpc) is 2.29. The van der Waals surface area contributed by atoms with E-state index in [1.807, 2.05) is 0 Å². The molecule has 18 heavy (non-hydrogen) atoms. The van der Waals surface area contributed by atoms with Crippen molar-refractivity contribution in [1.82, 2.24) is 4.90 Å². The maximum absolute atomic E-state index is 13.5. The molecule has 0 aliphatic rings. The van der Waals surface area contributed by atoms with E-state index < -0.39 is 0 Å². The second-order valence-electron chi connectivity index (χ2n) is 4.90. The van der Waals surface area contributed by atoms with Crippen molar-refractivity contribution >= 4 is 17.2 Å². The van der Waals surface area contributed by atoms with Gasteiger partial charge in [-0.05, 0) is 30.2 Å². The first kappa shape index (κ1) is 15.1. The van der Waals surface area contributed by atoms with Crippen LogP contribution in [-0.4, -0.2) is 23.0 Å². The van der Waals surface area contributed by atoms with Crippen LogP contribution in [0.2, 0.25) is 0 Å². The summed E-state index contributed by atoms with van der Waals surface area (Å²) < 4.78 is 13.5. The van der Waals surface area contributed by atoms with Crippen LogP contribution in [0.1, 0.15) is 31.9 Å². The van der Waals surface area contributed by atoms with E-state index in [9.17, 15) is 4.39 Å². The molecule has 0 saturated carbocycles. The monoisotopic (exact) mass is 268 g/mol. The van der Waals surface area contributed by atoms with Crippen LogP contribution >= 0.6 is 12.2 Å². The summed E-state index contributed by atoms with van der Waals surface area (Å²) in [5.74, 6) is 0.263. The fourth-order valence-electron chi connectivity index (χ4n) is 1.94. The lowest BCUT2D eigenvalue weighted by atomic mass is 10.1. The van der Waals surface area contributed by atoms with E-state index in [1.54, 1.807) is 12.1 Å². The number of hydrogen-bond acceptors (Lipinski definition) is 2.